The molecule has 3 rings (SSSR count). The van der Waals surface area contributed by atoms with Crippen LogP contribution in [0.4, 0.5) is 4.39 Å². The maximum atomic E-state index is 13.4. The minimum absolute atomic E-state index is 0.0856. The highest BCUT2D eigenvalue weighted by molar-refractivity contribution is 5.39. The molecule has 0 bridgehead atoms. The van der Waals surface area contributed by atoms with Gasteiger partial charge in [-0.15, -0.1) is 0 Å². The van der Waals surface area contributed by atoms with E-state index in [2.05, 4.69) is 19.2 Å². The van der Waals surface area contributed by atoms with E-state index in [9.17, 15) is 4.39 Å². The summed E-state index contributed by atoms with van der Waals surface area (Å²) in [6.07, 6.45) is 3.44. The number of fused-ring (bicyclic) bond motifs is 1. The number of rotatable bonds is 3. The molecule has 2 unspecified atom stereocenters. The maximum absolute atomic E-state index is 13.4. The highest BCUT2D eigenvalue weighted by Crippen LogP contribution is 2.50. The van der Waals surface area contributed by atoms with Gasteiger partial charge in [0.05, 0.1) is 0 Å². The summed E-state index contributed by atoms with van der Waals surface area (Å²) >= 11 is 0. The Kier molecular flexibility index (Phi) is 2.81. The Morgan fingerprint density at radius 2 is 2.22 bits per heavy atom. The Balaban J connectivity index is 1.96. The topological polar surface area (TPSA) is 21.3 Å². The third-order valence-electron chi connectivity index (χ3n) is 4.19. The van der Waals surface area contributed by atoms with Gasteiger partial charge in [-0.3, -0.25) is 0 Å². The van der Waals surface area contributed by atoms with Crippen LogP contribution in [-0.4, -0.2) is 12.1 Å². The van der Waals surface area contributed by atoms with Gasteiger partial charge in [-0.25, -0.2) is 4.39 Å². The first-order valence-electron chi connectivity index (χ1n) is 6.84. The number of ether oxygens (including phenoxy) is 1. The molecule has 0 spiro atoms. The molecule has 98 valence electrons. The van der Waals surface area contributed by atoms with Gasteiger partial charge in [0, 0.05) is 18.0 Å². The zero-order valence-corrected chi connectivity index (χ0v) is 11.0. The standard InChI is InChI=1S/C15H20FNO/c1-3-17-13-9-15(2,10-4-5-10)18-14-7-6-11(16)8-12(13)14/h6-8,10,13,17H,3-5,9H2,1-2H3. The first-order valence-corrected chi connectivity index (χ1v) is 6.84. The first-order chi connectivity index (χ1) is 8.62. The van der Waals surface area contributed by atoms with Crippen LogP contribution in [0.25, 0.3) is 0 Å². The zero-order chi connectivity index (χ0) is 12.8. The maximum Gasteiger partial charge on any atom is 0.125 e. The molecular weight excluding hydrogens is 229 g/mol. The smallest absolute Gasteiger partial charge is 0.125 e. The number of nitrogens with one attached hydrogen (secondary N) is 1. The Bertz CT molecular complexity index is 458. The van der Waals surface area contributed by atoms with Crippen LogP contribution in [0.5, 0.6) is 5.75 Å². The fourth-order valence-electron chi connectivity index (χ4n) is 3.07. The van der Waals surface area contributed by atoms with Crippen LogP contribution in [0.3, 0.4) is 0 Å². The molecule has 1 aromatic carbocycles. The molecule has 1 fully saturated rings. The number of hydrogen-bond acceptors (Lipinski definition) is 2. The van der Waals surface area contributed by atoms with Crippen molar-refractivity contribution in [3.05, 3.63) is 29.6 Å². The molecule has 18 heavy (non-hydrogen) atoms. The third-order valence-corrected chi connectivity index (χ3v) is 4.19. The molecule has 0 amide bonds. The van der Waals surface area contributed by atoms with Gasteiger partial charge in [0.15, 0.2) is 0 Å². The average molecular weight is 249 g/mol. The van der Waals surface area contributed by atoms with Crippen molar-refractivity contribution in [1.29, 1.82) is 0 Å². The van der Waals surface area contributed by atoms with Crippen LogP contribution in [0, 0.1) is 11.7 Å². The van der Waals surface area contributed by atoms with E-state index in [0.29, 0.717) is 5.92 Å². The van der Waals surface area contributed by atoms with Crippen molar-refractivity contribution >= 4 is 0 Å². The van der Waals surface area contributed by atoms with Gasteiger partial charge < -0.3 is 10.1 Å². The molecule has 1 heterocycles. The highest BCUT2D eigenvalue weighted by atomic mass is 19.1. The largest absolute Gasteiger partial charge is 0.487 e. The number of halogens is 1. The van der Waals surface area contributed by atoms with Gasteiger partial charge in [-0.1, -0.05) is 6.92 Å². The molecule has 2 atom stereocenters. The minimum atomic E-state index is -0.185. The molecule has 1 saturated carbocycles. The lowest BCUT2D eigenvalue weighted by Gasteiger charge is -2.40. The van der Waals surface area contributed by atoms with E-state index >= 15 is 0 Å². The Morgan fingerprint density at radius 1 is 1.44 bits per heavy atom. The summed E-state index contributed by atoms with van der Waals surface area (Å²) in [7, 11) is 0. The molecular formula is C15H20FNO. The third kappa shape index (κ3) is 2.01. The van der Waals surface area contributed by atoms with Gasteiger partial charge in [-0.05, 0) is 50.4 Å². The van der Waals surface area contributed by atoms with Gasteiger partial charge in [-0.2, -0.15) is 0 Å². The summed E-state index contributed by atoms with van der Waals surface area (Å²) in [4.78, 5) is 0. The van der Waals surface area contributed by atoms with Crippen molar-refractivity contribution in [2.75, 3.05) is 6.54 Å². The molecule has 1 aliphatic carbocycles. The lowest BCUT2D eigenvalue weighted by atomic mass is 9.85. The summed E-state index contributed by atoms with van der Waals surface area (Å²) in [6.45, 7) is 5.17. The summed E-state index contributed by atoms with van der Waals surface area (Å²) in [5.74, 6) is 1.33. The quantitative estimate of drug-likeness (QED) is 0.886. The predicted molar refractivity (Wildman–Crippen MR) is 69.2 cm³/mol. The van der Waals surface area contributed by atoms with Crippen molar-refractivity contribution < 1.29 is 9.13 Å². The monoisotopic (exact) mass is 249 g/mol. The van der Waals surface area contributed by atoms with E-state index in [1.807, 2.05) is 0 Å². The van der Waals surface area contributed by atoms with Gasteiger partial charge >= 0.3 is 0 Å². The van der Waals surface area contributed by atoms with E-state index in [0.717, 1.165) is 24.3 Å². The van der Waals surface area contributed by atoms with Crippen LogP contribution in [-0.2, 0) is 0 Å². The molecule has 2 aliphatic rings. The van der Waals surface area contributed by atoms with Crippen LogP contribution in [0.15, 0.2) is 18.2 Å². The van der Waals surface area contributed by atoms with Crippen molar-refractivity contribution in [2.45, 2.75) is 44.8 Å². The summed E-state index contributed by atoms with van der Waals surface area (Å²) in [5.41, 5.74) is 0.882. The predicted octanol–water partition coefficient (Wildman–Crippen LogP) is 3.43. The number of hydrogen-bond donors (Lipinski definition) is 1. The Labute approximate surface area is 108 Å². The molecule has 3 heteroatoms. The van der Waals surface area contributed by atoms with E-state index in [1.165, 1.54) is 18.9 Å². The second kappa shape index (κ2) is 4.23. The van der Waals surface area contributed by atoms with E-state index in [-0.39, 0.29) is 17.5 Å². The van der Waals surface area contributed by atoms with Crippen LogP contribution >= 0.6 is 0 Å². The Hall–Kier alpha value is -1.09. The minimum Gasteiger partial charge on any atom is -0.487 e. The lowest BCUT2D eigenvalue weighted by molar-refractivity contribution is 0.0269. The summed E-state index contributed by atoms with van der Waals surface area (Å²) in [5, 5.41) is 3.46. The van der Waals surface area contributed by atoms with E-state index in [1.54, 1.807) is 12.1 Å². The molecule has 0 aromatic heterocycles. The number of benzene rings is 1. The van der Waals surface area contributed by atoms with E-state index < -0.39 is 0 Å². The summed E-state index contributed by atoms with van der Waals surface area (Å²) < 4.78 is 19.6. The van der Waals surface area contributed by atoms with Crippen LogP contribution in [0.2, 0.25) is 0 Å². The van der Waals surface area contributed by atoms with Crippen LogP contribution in [0.1, 0.15) is 44.7 Å². The average Bonchev–Trinajstić information content (AvgIpc) is 3.15. The molecule has 1 N–H and O–H groups in total. The Morgan fingerprint density at radius 3 is 2.89 bits per heavy atom. The molecule has 0 radical (unpaired) electrons. The second-order valence-electron chi connectivity index (χ2n) is 5.69. The fourth-order valence-corrected chi connectivity index (χ4v) is 3.07. The normalized spacial score (nSPS) is 30.7. The van der Waals surface area contributed by atoms with Gasteiger partial charge in [0.25, 0.3) is 0 Å². The molecule has 1 aliphatic heterocycles. The fraction of sp³-hybridized carbons (Fsp3) is 0.600. The van der Waals surface area contributed by atoms with Crippen molar-refractivity contribution in [1.82, 2.24) is 5.32 Å². The molecule has 2 nitrogen and oxygen atoms in total. The SMILES string of the molecule is CCNC1CC(C)(C2CC2)Oc2ccc(F)cc21. The van der Waals surface area contributed by atoms with Crippen molar-refractivity contribution in [3.63, 3.8) is 0 Å². The second-order valence-corrected chi connectivity index (χ2v) is 5.69. The zero-order valence-electron chi connectivity index (χ0n) is 11.0. The molecule has 1 aromatic rings. The lowest BCUT2D eigenvalue weighted by Crippen LogP contribution is -2.43. The van der Waals surface area contributed by atoms with Gasteiger partial charge in [0.2, 0.25) is 0 Å². The van der Waals surface area contributed by atoms with E-state index in [4.69, 9.17) is 4.74 Å². The first kappa shape index (κ1) is 12.0. The highest BCUT2D eigenvalue weighted by Gasteiger charge is 2.47. The van der Waals surface area contributed by atoms with Gasteiger partial charge in [0.1, 0.15) is 17.2 Å². The summed E-state index contributed by atoms with van der Waals surface area (Å²) in [6, 6.07) is 5.07. The van der Waals surface area contributed by atoms with Crippen molar-refractivity contribution in [3.8, 4) is 5.75 Å². The molecule has 0 saturated heterocycles. The van der Waals surface area contributed by atoms with Crippen LogP contribution < -0.4 is 10.1 Å². The van der Waals surface area contributed by atoms with Crippen molar-refractivity contribution in [2.24, 2.45) is 5.92 Å².